The van der Waals surface area contributed by atoms with Gasteiger partial charge in [-0.05, 0) is 37.3 Å². The Morgan fingerprint density at radius 1 is 1.56 bits per heavy atom. The number of pyridine rings is 1. The number of aromatic nitrogens is 1. The van der Waals surface area contributed by atoms with Crippen molar-refractivity contribution in [1.29, 1.82) is 0 Å². The third-order valence-electron chi connectivity index (χ3n) is 4.29. The highest BCUT2D eigenvalue weighted by Crippen LogP contribution is 2.49. The van der Waals surface area contributed by atoms with E-state index in [0.29, 0.717) is 11.6 Å². The molecule has 96 valence electrons. The molecule has 0 spiro atoms. The number of rotatable bonds is 2. The number of piperidine rings is 1. The van der Waals surface area contributed by atoms with Crippen LogP contribution in [0.2, 0.25) is 0 Å². The van der Waals surface area contributed by atoms with E-state index >= 15 is 0 Å². The number of hydrogen-bond donors (Lipinski definition) is 1. The van der Waals surface area contributed by atoms with Gasteiger partial charge in [-0.1, -0.05) is 13.0 Å². The number of fused-ring (bicyclic) bond motifs is 2. The van der Waals surface area contributed by atoms with Gasteiger partial charge < -0.3 is 10.0 Å². The Morgan fingerprint density at radius 2 is 2.39 bits per heavy atom. The Balaban J connectivity index is 1.87. The van der Waals surface area contributed by atoms with E-state index in [9.17, 15) is 9.90 Å². The Hall–Kier alpha value is -1.42. The topological polar surface area (TPSA) is 53.4 Å². The smallest absolute Gasteiger partial charge is 0.273 e. The molecule has 18 heavy (non-hydrogen) atoms. The maximum Gasteiger partial charge on any atom is 0.273 e. The lowest BCUT2D eigenvalue weighted by Crippen LogP contribution is -2.73. The molecule has 4 heteroatoms. The van der Waals surface area contributed by atoms with Crippen LogP contribution in [0.5, 0.6) is 0 Å². The van der Waals surface area contributed by atoms with Gasteiger partial charge in [0.25, 0.3) is 5.91 Å². The first-order valence-corrected chi connectivity index (χ1v) is 6.52. The first kappa shape index (κ1) is 11.7. The van der Waals surface area contributed by atoms with Crippen molar-refractivity contribution in [3.8, 4) is 0 Å². The van der Waals surface area contributed by atoms with Crippen LogP contribution in [-0.4, -0.2) is 39.1 Å². The predicted molar refractivity (Wildman–Crippen MR) is 67.0 cm³/mol. The molecule has 2 saturated heterocycles. The summed E-state index contributed by atoms with van der Waals surface area (Å²) in [6.45, 7) is 2.26. The van der Waals surface area contributed by atoms with Gasteiger partial charge in [-0.15, -0.1) is 0 Å². The molecule has 0 radical (unpaired) electrons. The zero-order chi connectivity index (χ0) is 12.8. The van der Waals surface area contributed by atoms with E-state index in [1.807, 2.05) is 11.0 Å². The predicted octanol–water partition coefficient (Wildman–Crippen LogP) is 1.46. The lowest BCUT2D eigenvalue weighted by molar-refractivity contribution is -0.123. The molecule has 4 nitrogen and oxygen atoms in total. The fourth-order valence-corrected chi connectivity index (χ4v) is 3.67. The van der Waals surface area contributed by atoms with E-state index in [1.54, 1.807) is 18.3 Å². The second-order valence-corrected chi connectivity index (χ2v) is 5.68. The van der Waals surface area contributed by atoms with Crippen molar-refractivity contribution in [2.75, 3.05) is 6.61 Å². The SMILES string of the molecule is CC1CC2CC(CO)(C1)N2C(=O)c1ccccn1. The third kappa shape index (κ3) is 1.56. The van der Waals surface area contributed by atoms with Gasteiger partial charge in [0.2, 0.25) is 0 Å². The van der Waals surface area contributed by atoms with E-state index in [0.717, 1.165) is 19.3 Å². The van der Waals surface area contributed by atoms with Crippen LogP contribution in [-0.2, 0) is 0 Å². The minimum atomic E-state index is -0.322. The first-order chi connectivity index (χ1) is 8.66. The summed E-state index contributed by atoms with van der Waals surface area (Å²) >= 11 is 0. The number of hydrogen-bond acceptors (Lipinski definition) is 3. The number of aliphatic hydroxyl groups is 1. The average molecular weight is 246 g/mol. The standard InChI is InChI=1S/C14H18N2O2/c1-10-6-11-8-14(7-10,9-17)16(11)13(18)12-4-2-3-5-15-12/h2-5,10-11,17H,6-9H2,1H3. The summed E-state index contributed by atoms with van der Waals surface area (Å²) in [5, 5.41) is 9.66. The van der Waals surface area contributed by atoms with E-state index in [-0.39, 0.29) is 24.1 Å². The Kier molecular flexibility index (Phi) is 2.63. The van der Waals surface area contributed by atoms with Crippen molar-refractivity contribution < 1.29 is 9.90 Å². The van der Waals surface area contributed by atoms with Crippen molar-refractivity contribution in [3.05, 3.63) is 30.1 Å². The minimum Gasteiger partial charge on any atom is -0.394 e. The van der Waals surface area contributed by atoms with Crippen molar-refractivity contribution in [2.45, 2.75) is 37.8 Å². The summed E-state index contributed by atoms with van der Waals surface area (Å²) < 4.78 is 0. The van der Waals surface area contributed by atoms with Crippen molar-refractivity contribution >= 4 is 5.91 Å². The van der Waals surface area contributed by atoms with Crippen LogP contribution in [0.1, 0.15) is 36.7 Å². The molecule has 2 bridgehead atoms. The van der Waals surface area contributed by atoms with Gasteiger partial charge in [-0.2, -0.15) is 0 Å². The lowest BCUT2D eigenvalue weighted by Gasteiger charge is -2.63. The van der Waals surface area contributed by atoms with Gasteiger partial charge in [-0.25, -0.2) is 0 Å². The number of aliphatic hydroxyl groups excluding tert-OH is 1. The first-order valence-electron chi connectivity index (χ1n) is 6.52. The molecule has 1 N–H and O–H groups in total. The molecule has 3 unspecified atom stereocenters. The molecule has 4 rings (SSSR count). The molecule has 1 aromatic heterocycles. The molecule has 1 saturated carbocycles. The molecule has 1 aliphatic carbocycles. The van der Waals surface area contributed by atoms with Crippen LogP contribution in [0.25, 0.3) is 0 Å². The van der Waals surface area contributed by atoms with Crippen LogP contribution >= 0.6 is 0 Å². The Morgan fingerprint density at radius 3 is 3.06 bits per heavy atom. The molecular weight excluding hydrogens is 228 g/mol. The van der Waals surface area contributed by atoms with Gasteiger partial charge in [-0.3, -0.25) is 9.78 Å². The third-order valence-corrected chi connectivity index (χ3v) is 4.29. The summed E-state index contributed by atoms with van der Waals surface area (Å²) in [4.78, 5) is 18.5. The summed E-state index contributed by atoms with van der Waals surface area (Å²) in [6, 6.07) is 5.65. The Labute approximate surface area is 107 Å². The second kappa shape index (κ2) is 4.05. The van der Waals surface area contributed by atoms with E-state index in [1.165, 1.54) is 0 Å². The summed E-state index contributed by atoms with van der Waals surface area (Å²) in [6.07, 6.45) is 4.52. The summed E-state index contributed by atoms with van der Waals surface area (Å²) in [5.74, 6) is 0.552. The fourth-order valence-electron chi connectivity index (χ4n) is 3.67. The van der Waals surface area contributed by atoms with Crippen LogP contribution in [0.3, 0.4) is 0 Å². The quantitative estimate of drug-likeness (QED) is 0.859. The number of carbonyl (C=O) groups excluding carboxylic acids is 1. The zero-order valence-corrected chi connectivity index (χ0v) is 10.5. The molecule has 0 aromatic carbocycles. The molecule has 3 heterocycles. The van der Waals surface area contributed by atoms with Gasteiger partial charge >= 0.3 is 0 Å². The fraction of sp³-hybridized carbons (Fsp3) is 0.571. The van der Waals surface area contributed by atoms with Crippen LogP contribution in [0.4, 0.5) is 0 Å². The minimum absolute atomic E-state index is 0.0344. The molecule has 3 aliphatic rings. The molecule has 3 atom stereocenters. The van der Waals surface area contributed by atoms with E-state index < -0.39 is 0 Å². The largest absolute Gasteiger partial charge is 0.394 e. The molecule has 1 aromatic rings. The maximum atomic E-state index is 12.5. The highest BCUT2D eigenvalue weighted by Gasteiger charge is 2.57. The monoisotopic (exact) mass is 246 g/mol. The van der Waals surface area contributed by atoms with Gasteiger partial charge in [0, 0.05) is 12.2 Å². The molecular formula is C14H18N2O2. The van der Waals surface area contributed by atoms with Crippen molar-refractivity contribution in [1.82, 2.24) is 9.88 Å². The second-order valence-electron chi connectivity index (χ2n) is 5.68. The Bertz CT molecular complexity index is 462. The van der Waals surface area contributed by atoms with Gasteiger partial charge in [0.1, 0.15) is 5.69 Å². The van der Waals surface area contributed by atoms with Crippen molar-refractivity contribution in [2.24, 2.45) is 5.92 Å². The van der Waals surface area contributed by atoms with Crippen LogP contribution < -0.4 is 0 Å². The van der Waals surface area contributed by atoms with Crippen LogP contribution in [0, 0.1) is 5.92 Å². The van der Waals surface area contributed by atoms with E-state index in [4.69, 9.17) is 0 Å². The lowest BCUT2D eigenvalue weighted by atomic mass is 9.64. The van der Waals surface area contributed by atoms with E-state index in [2.05, 4.69) is 11.9 Å². The highest BCUT2D eigenvalue weighted by atomic mass is 16.3. The average Bonchev–Trinajstić information content (AvgIpc) is 2.38. The normalized spacial score (nSPS) is 34.0. The van der Waals surface area contributed by atoms with Crippen molar-refractivity contribution in [3.63, 3.8) is 0 Å². The van der Waals surface area contributed by atoms with Crippen LogP contribution in [0.15, 0.2) is 24.4 Å². The van der Waals surface area contributed by atoms with Gasteiger partial charge in [0.05, 0.1) is 12.1 Å². The number of nitrogens with zero attached hydrogens (tertiary/aromatic N) is 2. The molecule has 3 fully saturated rings. The summed E-state index contributed by atoms with van der Waals surface area (Å²) in [5.41, 5.74) is 0.159. The maximum absolute atomic E-state index is 12.5. The number of carbonyl (C=O) groups is 1. The highest BCUT2D eigenvalue weighted by molar-refractivity contribution is 5.93. The number of amides is 1. The van der Waals surface area contributed by atoms with Gasteiger partial charge in [0.15, 0.2) is 0 Å². The summed E-state index contributed by atoms with van der Waals surface area (Å²) in [7, 11) is 0. The zero-order valence-electron chi connectivity index (χ0n) is 10.5. The molecule has 2 aliphatic heterocycles. The molecule has 1 amide bonds.